The molecule has 4 heteroatoms. The molecule has 0 amide bonds. The minimum Gasteiger partial charge on any atom is -0.481 e. The summed E-state index contributed by atoms with van der Waals surface area (Å²) in [7, 11) is 0. The molecule has 5 aromatic carbocycles. The van der Waals surface area contributed by atoms with Crippen molar-refractivity contribution in [1.82, 2.24) is 0 Å². The van der Waals surface area contributed by atoms with Crippen LogP contribution in [-0.4, -0.2) is 22.2 Å². The van der Waals surface area contributed by atoms with Crippen LogP contribution < -0.4 is 0 Å². The number of rotatable bonds is 2. The summed E-state index contributed by atoms with van der Waals surface area (Å²) in [5.74, 6) is -1.43. The fourth-order valence-electron chi connectivity index (χ4n) is 6.06. The van der Waals surface area contributed by atoms with E-state index in [4.69, 9.17) is 5.11 Å². The molecule has 0 aliphatic heterocycles. The molecule has 2 N–H and O–H groups in total. The molecule has 208 valence electrons. The predicted molar refractivity (Wildman–Crippen MR) is 168 cm³/mol. The average molecular weight is 545 g/mol. The SMILES string of the molecule is C.C=C(C)C(=O)O.CC1(C(=O)O)CC2c3ccccc3C1c1ccccc12.c1ccc2cc3ccccc3cc2c1. The van der Waals surface area contributed by atoms with E-state index in [1.54, 1.807) is 0 Å². The van der Waals surface area contributed by atoms with Crippen LogP contribution in [0.15, 0.2) is 121 Å². The minimum absolute atomic E-state index is 0. The molecule has 0 heterocycles. The Bertz CT molecular complexity index is 1590. The molecule has 0 spiro atoms. The second-order valence-corrected chi connectivity index (χ2v) is 10.8. The van der Waals surface area contributed by atoms with Gasteiger partial charge in [-0.2, -0.15) is 0 Å². The van der Waals surface area contributed by atoms with Gasteiger partial charge in [0.15, 0.2) is 0 Å². The normalized spacial score (nSPS) is 19.3. The summed E-state index contributed by atoms with van der Waals surface area (Å²) in [6.45, 7) is 6.50. The van der Waals surface area contributed by atoms with Gasteiger partial charge in [0.25, 0.3) is 0 Å². The van der Waals surface area contributed by atoms with Gasteiger partial charge in [-0.1, -0.05) is 111 Å². The third kappa shape index (κ3) is 5.51. The molecule has 3 aliphatic rings. The van der Waals surface area contributed by atoms with E-state index in [9.17, 15) is 14.7 Å². The summed E-state index contributed by atoms with van der Waals surface area (Å²) >= 11 is 0. The standard InChI is InChI=1S/C18H16O2.C14H10.C4H6O2.CH4/c1-18(17(19)20)10-15-11-6-2-4-8-13(11)16(18)14-9-5-3-7-12(14)15;1-2-6-12-10-14-8-4-3-7-13(14)9-11(12)5-1;1-3(2)4(5)6;/h2-9,15-16H,10H2,1H3,(H,19,20);1-10H;1H2,2H3,(H,5,6);1H4. The molecular formula is C37H36O4. The Kier molecular flexibility index (Phi) is 8.44. The van der Waals surface area contributed by atoms with E-state index in [1.165, 1.54) is 50.7 Å². The first-order valence-electron chi connectivity index (χ1n) is 13.4. The number of benzene rings is 5. The Morgan fingerprint density at radius 1 is 0.683 bits per heavy atom. The van der Waals surface area contributed by atoms with Gasteiger partial charge < -0.3 is 10.2 Å². The van der Waals surface area contributed by atoms with Crippen molar-refractivity contribution in [2.24, 2.45) is 5.41 Å². The Hall–Kier alpha value is -4.70. The monoisotopic (exact) mass is 544 g/mol. The quantitative estimate of drug-likeness (QED) is 0.172. The van der Waals surface area contributed by atoms with Crippen molar-refractivity contribution in [3.8, 4) is 0 Å². The number of carbonyl (C=O) groups is 2. The first kappa shape index (κ1) is 29.3. The molecule has 1 unspecified atom stereocenters. The van der Waals surface area contributed by atoms with Gasteiger partial charge in [-0.15, -0.1) is 0 Å². The van der Waals surface area contributed by atoms with Crippen LogP contribution in [-0.2, 0) is 9.59 Å². The minimum atomic E-state index is -0.935. The first-order valence-corrected chi connectivity index (χ1v) is 13.4. The van der Waals surface area contributed by atoms with Crippen molar-refractivity contribution < 1.29 is 19.8 Å². The maximum absolute atomic E-state index is 11.9. The van der Waals surface area contributed by atoms with Crippen LogP contribution in [0, 0.1) is 5.41 Å². The van der Waals surface area contributed by atoms with E-state index in [2.05, 4.69) is 104 Å². The van der Waals surface area contributed by atoms with Crippen molar-refractivity contribution in [2.75, 3.05) is 0 Å². The fraction of sp³-hybridized carbons (Fsp3) is 0.189. The van der Waals surface area contributed by atoms with Crippen LogP contribution in [0.2, 0.25) is 0 Å². The maximum atomic E-state index is 11.9. The topological polar surface area (TPSA) is 74.6 Å². The average Bonchev–Trinajstić information content (AvgIpc) is 2.96. The second-order valence-electron chi connectivity index (χ2n) is 10.8. The lowest BCUT2D eigenvalue weighted by Gasteiger charge is -2.49. The van der Waals surface area contributed by atoms with Crippen LogP contribution in [0.1, 0.15) is 61.8 Å². The molecule has 0 radical (unpaired) electrons. The van der Waals surface area contributed by atoms with Gasteiger partial charge in [-0.3, -0.25) is 4.79 Å². The first-order chi connectivity index (χ1) is 19.2. The lowest BCUT2D eigenvalue weighted by Crippen LogP contribution is -2.44. The number of hydrogen-bond donors (Lipinski definition) is 2. The highest BCUT2D eigenvalue weighted by Crippen LogP contribution is 2.60. The van der Waals surface area contributed by atoms with Gasteiger partial charge >= 0.3 is 11.9 Å². The highest BCUT2D eigenvalue weighted by molar-refractivity contribution is 5.98. The molecule has 0 fully saturated rings. The van der Waals surface area contributed by atoms with Crippen molar-refractivity contribution in [2.45, 2.75) is 39.5 Å². The lowest BCUT2D eigenvalue weighted by molar-refractivity contribution is -0.150. The van der Waals surface area contributed by atoms with Crippen LogP contribution in [0.25, 0.3) is 21.5 Å². The van der Waals surface area contributed by atoms with Crippen LogP contribution >= 0.6 is 0 Å². The molecule has 5 aromatic rings. The summed E-state index contributed by atoms with van der Waals surface area (Å²) < 4.78 is 0. The predicted octanol–water partition coefficient (Wildman–Crippen LogP) is 9.03. The second kappa shape index (κ2) is 11.8. The van der Waals surface area contributed by atoms with Gasteiger partial charge in [-0.05, 0) is 76.2 Å². The summed E-state index contributed by atoms with van der Waals surface area (Å²) in [5, 5.41) is 22.9. The number of aliphatic carboxylic acids is 2. The zero-order valence-corrected chi connectivity index (χ0v) is 22.7. The van der Waals surface area contributed by atoms with Crippen molar-refractivity contribution in [3.63, 3.8) is 0 Å². The van der Waals surface area contributed by atoms with Crippen LogP contribution in [0.3, 0.4) is 0 Å². The molecule has 0 saturated carbocycles. The highest BCUT2D eigenvalue weighted by Gasteiger charge is 2.54. The number of carboxylic acid groups (broad SMARTS) is 2. The van der Waals surface area contributed by atoms with E-state index in [0.29, 0.717) is 6.42 Å². The van der Waals surface area contributed by atoms with Gasteiger partial charge in [0.2, 0.25) is 0 Å². The van der Waals surface area contributed by atoms with E-state index in [1.807, 2.05) is 19.1 Å². The molecule has 0 aromatic heterocycles. The molecular weight excluding hydrogens is 508 g/mol. The van der Waals surface area contributed by atoms with Gasteiger partial charge in [0, 0.05) is 17.4 Å². The third-order valence-corrected chi connectivity index (χ3v) is 8.10. The molecule has 2 bridgehead atoms. The Morgan fingerprint density at radius 2 is 1.00 bits per heavy atom. The Balaban J connectivity index is 0.000000161. The maximum Gasteiger partial charge on any atom is 0.330 e. The lowest BCUT2D eigenvalue weighted by atomic mass is 9.53. The molecule has 0 saturated heterocycles. The summed E-state index contributed by atoms with van der Waals surface area (Å²) in [6, 6.07) is 38.1. The van der Waals surface area contributed by atoms with E-state index >= 15 is 0 Å². The van der Waals surface area contributed by atoms with Crippen LogP contribution in [0.4, 0.5) is 0 Å². The van der Waals surface area contributed by atoms with E-state index < -0.39 is 17.4 Å². The van der Waals surface area contributed by atoms with Gasteiger partial charge in [0.1, 0.15) is 0 Å². The van der Waals surface area contributed by atoms with Crippen LogP contribution in [0.5, 0.6) is 0 Å². The number of fused-ring (bicyclic) bond motifs is 3. The highest BCUT2D eigenvalue weighted by atomic mass is 16.4. The molecule has 1 atom stereocenters. The summed E-state index contributed by atoms with van der Waals surface area (Å²) in [4.78, 5) is 21.5. The molecule has 4 nitrogen and oxygen atoms in total. The van der Waals surface area contributed by atoms with Gasteiger partial charge in [-0.25, -0.2) is 4.79 Å². The van der Waals surface area contributed by atoms with Crippen molar-refractivity contribution in [3.05, 3.63) is 144 Å². The fourth-order valence-corrected chi connectivity index (χ4v) is 6.06. The number of carboxylic acids is 2. The molecule has 8 rings (SSSR count). The Morgan fingerprint density at radius 3 is 1.32 bits per heavy atom. The van der Waals surface area contributed by atoms with Crippen molar-refractivity contribution in [1.29, 1.82) is 0 Å². The largest absolute Gasteiger partial charge is 0.481 e. The van der Waals surface area contributed by atoms with E-state index in [-0.39, 0.29) is 24.8 Å². The molecule has 3 aliphatic carbocycles. The molecule has 41 heavy (non-hydrogen) atoms. The number of hydrogen-bond acceptors (Lipinski definition) is 2. The van der Waals surface area contributed by atoms with E-state index in [0.717, 1.165) is 0 Å². The van der Waals surface area contributed by atoms with Crippen molar-refractivity contribution >= 4 is 33.5 Å². The third-order valence-electron chi connectivity index (χ3n) is 8.10. The summed E-state index contributed by atoms with van der Waals surface area (Å²) in [6.07, 6.45) is 0.695. The van der Waals surface area contributed by atoms with Gasteiger partial charge in [0.05, 0.1) is 5.41 Å². The smallest absolute Gasteiger partial charge is 0.330 e. The zero-order valence-electron chi connectivity index (χ0n) is 22.7. The Labute approximate surface area is 241 Å². The summed E-state index contributed by atoms with van der Waals surface area (Å²) in [5.41, 5.74) is 4.51. The zero-order chi connectivity index (χ0) is 28.4.